The SMILES string of the molecule is COCCN(CC(C)C(=O)OC)C(=O)c1cccc(OC)c1. The number of amides is 1. The Morgan fingerprint density at radius 3 is 2.55 bits per heavy atom. The molecule has 1 aromatic carbocycles. The second-order valence-electron chi connectivity index (χ2n) is 4.90. The monoisotopic (exact) mass is 309 g/mol. The van der Waals surface area contributed by atoms with Crippen LogP contribution < -0.4 is 4.74 Å². The molecule has 0 N–H and O–H groups in total. The van der Waals surface area contributed by atoms with Crippen molar-refractivity contribution in [3.63, 3.8) is 0 Å². The van der Waals surface area contributed by atoms with Crippen molar-refractivity contribution in [3.05, 3.63) is 29.8 Å². The van der Waals surface area contributed by atoms with Crippen LogP contribution >= 0.6 is 0 Å². The summed E-state index contributed by atoms with van der Waals surface area (Å²) in [7, 11) is 4.45. The lowest BCUT2D eigenvalue weighted by atomic mass is 10.1. The third-order valence-electron chi connectivity index (χ3n) is 3.27. The number of hydrogen-bond acceptors (Lipinski definition) is 5. The average Bonchev–Trinajstić information content (AvgIpc) is 2.56. The van der Waals surface area contributed by atoms with Gasteiger partial charge in [0.15, 0.2) is 0 Å². The molecule has 1 amide bonds. The van der Waals surface area contributed by atoms with Crippen molar-refractivity contribution >= 4 is 11.9 Å². The minimum atomic E-state index is -0.406. The van der Waals surface area contributed by atoms with Gasteiger partial charge in [-0.25, -0.2) is 0 Å². The normalized spacial score (nSPS) is 11.6. The van der Waals surface area contributed by atoms with Crippen LogP contribution in [0.4, 0.5) is 0 Å². The number of ether oxygens (including phenoxy) is 3. The molecule has 0 saturated heterocycles. The number of esters is 1. The van der Waals surface area contributed by atoms with Gasteiger partial charge in [0, 0.05) is 25.8 Å². The largest absolute Gasteiger partial charge is 0.497 e. The molecule has 0 saturated carbocycles. The van der Waals surface area contributed by atoms with E-state index in [2.05, 4.69) is 0 Å². The highest BCUT2D eigenvalue weighted by Gasteiger charge is 2.22. The molecule has 1 rings (SSSR count). The number of carbonyl (C=O) groups excluding carboxylic acids is 2. The quantitative estimate of drug-likeness (QED) is 0.682. The summed E-state index contributed by atoms with van der Waals surface area (Å²) >= 11 is 0. The van der Waals surface area contributed by atoms with Crippen LogP contribution in [-0.4, -0.2) is 57.8 Å². The predicted octanol–water partition coefficient (Wildman–Crippen LogP) is 1.59. The fourth-order valence-electron chi connectivity index (χ4n) is 2.02. The Morgan fingerprint density at radius 2 is 1.95 bits per heavy atom. The van der Waals surface area contributed by atoms with E-state index >= 15 is 0 Å². The van der Waals surface area contributed by atoms with E-state index in [0.29, 0.717) is 24.5 Å². The summed E-state index contributed by atoms with van der Waals surface area (Å²) in [5.41, 5.74) is 0.507. The van der Waals surface area contributed by atoms with Crippen LogP contribution in [0.15, 0.2) is 24.3 Å². The summed E-state index contributed by atoms with van der Waals surface area (Å²) < 4.78 is 14.9. The first-order valence-electron chi connectivity index (χ1n) is 7.03. The zero-order chi connectivity index (χ0) is 16.5. The van der Waals surface area contributed by atoms with Crippen LogP contribution in [0.1, 0.15) is 17.3 Å². The molecule has 6 heteroatoms. The molecule has 22 heavy (non-hydrogen) atoms. The van der Waals surface area contributed by atoms with Gasteiger partial charge in [0.1, 0.15) is 5.75 Å². The van der Waals surface area contributed by atoms with Crippen LogP contribution in [-0.2, 0) is 14.3 Å². The first-order chi connectivity index (χ1) is 10.5. The lowest BCUT2D eigenvalue weighted by Gasteiger charge is -2.25. The van der Waals surface area contributed by atoms with Gasteiger partial charge >= 0.3 is 5.97 Å². The highest BCUT2D eigenvalue weighted by Crippen LogP contribution is 2.15. The van der Waals surface area contributed by atoms with E-state index in [0.717, 1.165) is 0 Å². The summed E-state index contributed by atoms with van der Waals surface area (Å²) in [4.78, 5) is 25.8. The van der Waals surface area contributed by atoms with Crippen molar-refractivity contribution in [3.8, 4) is 5.75 Å². The van der Waals surface area contributed by atoms with E-state index in [1.807, 2.05) is 0 Å². The maximum absolute atomic E-state index is 12.6. The van der Waals surface area contributed by atoms with E-state index in [1.54, 1.807) is 50.3 Å². The fourth-order valence-corrected chi connectivity index (χ4v) is 2.02. The minimum Gasteiger partial charge on any atom is -0.497 e. The molecular formula is C16H23NO5. The zero-order valence-electron chi connectivity index (χ0n) is 13.5. The van der Waals surface area contributed by atoms with E-state index < -0.39 is 5.92 Å². The second kappa shape index (κ2) is 9.04. The molecule has 0 radical (unpaired) electrons. The molecule has 0 aliphatic rings. The van der Waals surface area contributed by atoms with Gasteiger partial charge in [-0.15, -0.1) is 0 Å². The first kappa shape index (κ1) is 18.0. The minimum absolute atomic E-state index is 0.174. The van der Waals surface area contributed by atoms with Gasteiger partial charge in [-0.05, 0) is 18.2 Å². The standard InChI is InChI=1S/C16H23NO5/c1-12(16(19)22-4)11-17(8-9-20-2)15(18)13-6-5-7-14(10-13)21-3/h5-7,10,12H,8-9,11H2,1-4H3. The molecule has 1 aromatic rings. The molecule has 6 nitrogen and oxygen atoms in total. The van der Waals surface area contributed by atoms with E-state index in [-0.39, 0.29) is 18.4 Å². The lowest BCUT2D eigenvalue weighted by molar-refractivity contribution is -0.145. The number of hydrogen-bond donors (Lipinski definition) is 0. The molecule has 0 fully saturated rings. The van der Waals surface area contributed by atoms with Gasteiger partial charge in [0.05, 0.1) is 26.7 Å². The van der Waals surface area contributed by atoms with Crippen molar-refractivity contribution < 1.29 is 23.8 Å². The van der Waals surface area contributed by atoms with Gasteiger partial charge < -0.3 is 19.1 Å². The summed E-state index contributed by atoms with van der Waals surface area (Å²) in [5, 5.41) is 0. The molecular weight excluding hydrogens is 286 g/mol. The van der Waals surface area contributed by atoms with Crippen LogP contribution in [0.25, 0.3) is 0 Å². The first-order valence-corrected chi connectivity index (χ1v) is 7.03. The highest BCUT2D eigenvalue weighted by atomic mass is 16.5. The number of benzene rings is 1. The third kappa shape index (κ3) is 5.04. The second-order valence-corrected chi connectivity index (χ2v) is 4.90. The van der Waals surface area contributed by atoms with Crippen LogP contribution in [0.3, 0.4) is 0 Å². The number of methoxy groups -OCH3 is 3. The maximum atomic E-state index is 12.6. The van der Waals surface area contributed by atoms with E-state index in [9.17, 15) is 9.59 Å². The summed E-state index contributed by atoms with van der Waals surface area (Å²) in [5.74, 6) is -0.317. The van der Waals surface area contributed by atoms with Gasteiger partial charge in [0.2, 0.25) is 0 Å². The van der Waals surface area contributed by atoms with Crippen LogP contribution in [0.2, 0.25) is 0 Å². The van der Waals surface area contributed by atoms with Crippen LogP contribution in [0.5, 0.6) is 5.75 Å². The molecule has 0 heterocycles. The summed E-state index contributed by atoms with van der Waals surface area (Å²) in [6.07, 6.45) is 0. The van der Waals surface area contributed by atoms with Crippen molar-refractivity contribution in [2.75, 3.05) is 41.0 Å². The van der Waals surface area contributed by atoms with Gasteiger partial charge in [-0.1, -0.05) is 13.0 Å². The molecule has 0 spiro atoms. The average molecular weight is 309 g/mol. The summed E-state index contributed by atoms with van der Waals surface area (Å²) in [6, 6.07) is 6.91. The Morgan fingerprint density at radius 1 is 1.23 bits per heavy atom. The molecule has 0 aliphatic carbocycles. The third-order valence-corrected chi connectivity index (χ3v) is 3.27. The topological polar surface area (TPSA) is 65.1 Å². The summed E-state index contributed by atoms with van der Waals surface area (Å²) in [6.45, 7) is 2.79. The molecule has 1 unspecified atom stereocenters. The number of nitrogens with zero attached hydrogens (tertiary/aromatic N) is 1. The lowest BCUT2D eigenvalue weighted by Crippen LogP contribution is -2.39. The highest BCUT2D eigenvalue weighted by molar-refractivity contribution is 5.94. The van der Waals surface area contributed by atoms with Crippen molar-refractivity contribution in [2.45, 2.75) is 6.92 Å². The van der Waals surface area contributed by atoms with Crippen molar-refractivity contribution in [1.29, 1.82) is 0 Å². The maximum Gasteiger partial charge on any atom is 0.310 e. The Bertz CT molecular complexity index is 503. The Hall–Kier alpha value is -2.08. The van der Waals surface area contributed by atoms with Crippen LogP contribution in [0, 0.1) is 5.92 Å². The van der Waals surface area contributed by atoms with Gasteiger partial charge in [-0.2, -0.15) is 0 Å². The molecule has 0 aliphatic heterocycles. The smallest absolute Gasteiger partial charge is 0.310 e. The molecule has 0 bridgehead atoms. The van der Waals surface area contributed by atoms with Gasteiger partial charge in [-0.3, -0.25) is 9.59 Å². The van der Waals surface area contributed by atoms with E-state index in [1.165, 1.54) is 7.11 Å². The van der Waals surface area contributed by atoms with Crippen molar-refractivity contribution in [1.82, 2.24) is 4.90 Å². The number of rotatable bonds is 8. The Labute approximate surface area is 131 Å². The van der Waals surface area contributed by atoms with Crippen molar-refractivity contribution in [2.24, 2.45) is 5.92 Å². The van der Waals surface area contributed by atoms with E-state index in [4.69, 9.17) is 14.2 Å². The number of carbonyl (C=O) groups is 2. The Balaban J connectivity index is 2.89. The molecule has 122 valence electrons. The molecule has 1 atom stereocenters. The molecule has 0 aromatic heterocycles. The predicted molar refractivity (Wildman–Crippen MR) is 82.0 cm³/mol. The fraction of sp³-hybridized carbons (Fsp3) is 0.500. The zero-order valence-corrected chi connectivity index (χ0v) is 13.5. The van der Waals surface area contributed by atoms with Gasteiger partial charge in [0.25, 0.3) is 5.91 Å². The Kier molecular flexibility index (Phi) is 7.39.